The molecule has 1 aliphatic rings. The molecule has 130 valence electrons. The molecule has 0 amide bonds. The van der Waals surface area contributed by atoms with Crippen molar-refractivity contribution in [2.75, 3.05) is 6.61 Å². The van der Waals surface area contributed by atoms with E-state index in [2.05, 4.69) is 50.2 Å². The average Bonchev–Trinajstić information content (AvgIpc) is 2.62. The van der Waals surface area contributed by atoms with Gasteiger partial charge in [0.05, 0.1) is 6.61 Å². The number of benzene rings is 2. The number of ether oxygens (including phenoxy) is 1. The Kier molecular flexibility index (Phi) is 5.81. The molecule has 2 aromatic carbocycles. The molecular formula is C23H32O. The summed E-state index contributed by atoms with van der Waals surface area (Å²) in [6.07, 6.45) is 8.31. The first-order valence-corrected chi connectivity index (χ1v) is 9.86. The van der Waals surface area contributed by atoms with E-state index in [1.165, 1.54) is 54.9 Å². The molecule has 0 radical (unpaired) electrons. The van der Waals surface area contributed by atoms with E-state index in [9.17, 15) is 0 Å². The summed E-state index contributed by atoms with van der Waals surface area (Å²) in [5, 5.41) is 2.63. The van der Waals surface area contributed by atoms with Gasteiger partial charge in [-0.15, -0.1) is 0 Å². The maximum atomic E-state index is 5.61. The SMILES string of the molecule is CCOc1ccc2cc(C3CCC(CC(C)CC)CC3)ccc2c1. The fourth-order valence-corrected chi connectivity index (χ4v) is 4.22. The van der Waals surface area contributed by atoms with Gasteiger partial charge in [0.15, 0.2) is 0 Å². The summed E-state index contributed by atoms with van der Waals surface area (Å²) >= 11 is 0. The van der Waals surface area contributed by atoms with Gasteiger partial charge in [-0.2, -0.15) is 0 Å². The van der Waals surface area contributed by atoms with Crippen LogP contribution in [0.4, 0.5) is 0 Å². The molecule has 0 spiro atoms. The minimum absolute atomic E-state index is 0.726. The smallest absolute Gasteiger partial charge is 0.119 e. The number of hydrogen-bond donors (Lipinski definition) is 0. The van der Waals surface area contributed by atoms with Crippen LogP contribution >= 0.6 is 0 Å². The van der Waals surface area contributed by atoms with Crippen molar-refractivity contribution in [3.63, 3.8) is 0 Å². The largest absolute Gasteiger partial charge is 0.494 e. The number of fused-ring (bicyclic) bond motifs is 1. The summed E-state index contributed by atoms with van der Waals surface area (Å²) in [6, 6.07) is 13.5. The van der Waals surface area contributed by atoms with Crippen LogP contribution in [-0.4, -0.2) is 6.61 Å². The van der Waals surface area contributed by atoms with Crippen LogP contribution in [0.15, 0.2) is 36.4 Å². The first-order valence-electron chi connectivity index (χ1n) is 9.86. The normalized spacial score (nSPS) is 22.5. The highest BCUT2D eigenvalue weighted by Crippen LogP contribution is 2.39. The highest BCUT2D eigenvalue weighted by Gasteiger charge is 2.23. The molecule has 0 aromatic heterocycles. The van der Waals surface area contributed by atoms with Gasteiger partial charge in [0.25, 0.3) is 0 Å². The lowest BCUT2D eigenvalue weighted by atomic mass is 9.75. The van der Waals surface area contributed by atoms with Crippen LogP contribution in [-0.2, 0) is 0 Å². The van der Waals surface area contributed by atoms with Crippen molar-refractivity contribution in [3.05, 3.63) is 42.0 Å². The van der Waals surface area contributed by atoms with E-state index in [1.54, 1.807) is 0 Å². The van der Waals surface area contributed by atoms with Crippen molar-refractivity contribution in [1.29, 1.82) is 0 Å². The topological polar surface area (TPSA) is 9.23 Å². The highest BCUT2D eigenvalue weighted by molar-refractivity contribution is 5.84. The Hall–Kier alpha value is -1.50. The van der Waals surface area contributed by atoms with E-state index in [-0.39, 0.29) is 0 Å². The van der Waals surface area contributed by atoms with E-state index < -0.39 is 0 Å². The molecule has 1 heteroatoms. The van der Waals surface area contributed by atoms with E-state index in [1.807, 2.05) is 6.92 Å². The van der Waals surface area contributed by atoms with Crippen LogP contribution in [0.3, 0.4) is 0 Å². The molecule has 2 aromatic rings. The standard InChI is InChI=1S/C23H32O/c1-4-17(3)14-18-6-8-19(9-7-18)20-10-11-22-16-23(24-5-2)13-12-21(22)15-20/h10-13,15-19H,4-9,14H2,1-3H3. The zero-order valence-corrected chi connectivity index (χ0v) is 15.6. The Bertz CT molecular complexity index is 652. The van der Waals surface area contributed by atoms with E-state index >= 15 is 0 Å². The maximum absolute atomic E-state index is 5.61. The van der Waals surface area contributed by atoms with Crippen molar-refractivity contribution >= 4 is 10.8 Å². The molecule has 3 rings (SSSR count). The lowest BCUT2D eigenvalue weighted by molar-refractivity contribution is 0.273. The second kappa shape index (κ2) is 8.05. The van der Waals surface area contributed by atoms with Crippen molar-refractivity contribution in [2.45, 2.75) is 65.2 Å². The van der Waals surface area contributed by atoms with Crippen LogP contribution in [0.25, 0.3) is 10.8 Å². The van der Waals surface area contributed by atoms with Crippen molar-refractivity contribution in [2.24, 2.45) is 11.8 Å². The highest BCUT2D eigenvalue weighted by atomic mass is 16.5. The third-order valence-electron chi connectivity index (χ3n) is 5.90. The van der Waals surface area contributed by atoms with Gasteiger partial charge in [-0.25, -0.2) is 0 Å². The Morgan fingerprint density at radius 2 is 1.67 bits per heavy atom. The van der Waals surface area contributed by atoms with Gasteiger partial charge in [-0.1, -0.05) is 44.5 Å². The van der Waals surface area contributed by atoms with Gasteiger partial charge in [0.2, 0.25) is 0 Å². The molecule has 1 atom stereocenters. The molecule has 1 fully saturated rings. The Labute approximate surface area is 147 Å². The monoisotopic (exact) mass is 324 g/mol. The summed E-state index contributed by atoms with van der Waals surface area (Å²) in [7, 11) is 0. The minimum atomic E-state index is 0.726. The Morgan fingerprint density at radius 1 is 0.958 bits per heavy atom. The lowest BCUT2D eigenvalue weighted by Gasteiger charge is -2.30. The van der Waals surface area contributed by atoms with Gasteiger partial charge in [-0.05, 0) is 85.3 Å². The number of hydrogen-bond acceptors (Lipinski definition) is 1. The van der Waals surface area contributed by atoms with Crippen LogP contribution in [0.2, 0.25) is 0 Å². The van der Waals surface area contributed by atoms with Crippen LogP contribution < -0.4 is 4.74 Å². The molecule has 1 nitrogen and oxygen atoms in total. The predicted molar refractivity (Wildman–Crippen MR) is 104 cm³/mol. The second-order valence-corrected chi connectivity index (χ2v) is 7.67. The second-order valence-electron chi connectivity index (χ2n) is 7.67. The van der Waals surface area contributed by atoms with Crippen molar-refractivity contribution in [1.82, 2.24) is 0 Å². The Balaban J connectivity index is 1.66. The summed E-state index contributed by atoms with van der Waals surface area (Å²) in [4.78, 5) is 0. The zero-order chi connectivity index (χ0) is 16.9. The third-order valence-corrected chi connectivity index (χ3v) is 5.90. The molecule has 24 heavy (non-hydrogen) atoms. The van der Waals surface area contributed by atoms with E-state index in [4.69, 9.17) is 4.74 Å². The van der Waals surface area contributed by atoms with Crippen LogP contribution in [0.5, 0.6) is 5.75 Å². The summed E-state index contributed by atoms with van der Waals surface area (Å²) in [5.74, 6) is 3.59. The van der Waals surface area contributed by atoms with Crippen molar-refractivity contribution in [3.8, 4) is 5.75 Å². The first-order chi connectivity index (χ1) is 11.7. The lowest BCUT2D eigenvalue weighted by Crippen LogP contribution is -2.15. The molecule has 1 unspecified atom stereocenters. The molecular weight excluding hydrogens is 292 g/mol. The number of rotatable bonds is 6. The molecule has 1 saturated carbocycles. The summed E-state index contributed by atoms with van der Waals surface area (Å²) in [5.41, 5.74) is 1.54. The third kappa shape index (κ3) is 4.12. The van der Waals surface area contributed by atoms with Gasteiger partial charge in [-0.3, -0.25) is 0 Å². The molecule has 0 heterocycles. The first kappa shape index (κ1) is 17.3. The van der Waals surface area contributed by atoms with Gasteiger partial charge in [0.1, 0.15) is 5.75 Å². The fourth-order valence-electron chi connectivity index (χ4n) is 4.22. The quantitative estimate of drug-likeness (QED) is 0.558. The molecule has 0 bridgehead atoms. The fraction of sp³-hybridized carbons (Fsp3) is 0.565. The Morgan fingerprint density at radius 3 is 2.38 bits per heavy atom. The minimum Gasteiger partial charge on any atom is -0.494 e. The van der Waals surface area contributed by atoms with Gasteiger partial charge < -0.3 is 4.74 Å². The van der Waals surface area contributed by atoms with Crippen LogP contribution in [0.1, 0.15) is 70.8 Å². The van der Waals surface area contributed by atoms with Crippen molar-refractivity contribution < 1.29 is 4.74 Å². The average molecular weight is 325 g/mol. The van der Waals surface area contributed by atoms with Gasteiger partial charge >= 0.3 is 0 Å². The summed E-state index contributed by atoms with van der Waals surface area (Å²) < 4.78 is 5.61. The van der Waals surface area contributed by atoms with E-state index in [0.29, 0.717) is 0 Å². The molecule has 0 saturated heterocycles. The molecule has 0 N–H and O–H groups in total. The van der Waals surface area contributed by atoms with Crippen LogP contribution in [0, 0.1) is 11.8 Å². The molecule has 1 aliphatic carbocycles. The molecule has 0 aliphatic heterocycles. The maximum Gasteiger partial charge on any atom is 0.119 e. The summed E-state index contributed by atoms with van der Waals surface area (Å²) in [6.45, 7) is 7.49. The van der Waals surface area contributed by atoms with E-state index in [0.717, 1.165) is 30.1 Å². The predicted octanol–water partition coefficient (Wildman–Crippen LogP) is 6.95. The zero-order valence-electron chi connectivity index (χ0n) is 15.6. The van der Waals surface area contributed by atoms with Gasteiger partial charge in [0, 0.05) is 0 Å².